The molecule has 0 saturated heterocycles. The van der Waals surface area contributed by atoms with Crippen LogP contribution in [0.25, 0.3) is 0 Å². The van der Waals surface area contributed by atoms with Gasteiger partial charge >= 0.3 is 6.09 Å². The van der Waals surface area contributed by atoms with Gasteiger partial charge in [-0.3, -0.25) is 5.41 Å². The summed E-state index contributed by atoms with van der Waals surface area (Å²) in [7, 11) is 0. The summed E-state index contributed by atoms with van der Waals surface area (Å²) < 4.78 is 5.21. The van der Waals surface area contributed by atoms with Gasteiger partial charge in [-0.2, -0.15) is 0 Å². The highest BCUT2D eigenvalue weighted by Gasteiger charge is 2.37. The maximum absolute atomic E-state index is 11.8. The molecule has 0 aromatic heterocycles. The lowest BCUT2D eigenvalue weighted by Gasteiger charge is -2.37. The van der Waals surface area contributed by atoms with E-state index in [0.717, 1.165) is 32.1 Å². The van der Waals surface area contributed by atoms with Crippen molar-refractivity contribution in [2.45, 2.75) is 64.0 Å². The van der Waals surface area contributed by atoms with E-state index in [1.807, 2.05) is 20.8 Å². The molecule has 0 spiro atoms. The van der Waals surface area contributed by atoms with Crippen molar-refractivity contribution >= 4 is 11.9 Å². The molecule has 17 heavy (non-hydrogen) atoms. The predicted molar refractivity (Wildman–Crippen MR) is 67.1 cm³/mol. The van der Waals surface area contributed by atoms with Crippen LogP contribution in [0.4, 0.5) is 4.79 Å². The molecule has 98 valence electrons. The number of alkyl carbamates (subject to hydrolysis) is 1. The summed E-state index contributed by atoms with van der Waals surface area (Å²) in [4.78, 5) is 11.8. The summed E-state index contributed by atoms with van der Waals surface area (Å²) >= 11 is 0. The Morgan fingerprint density at radius 3 is 2.24 bits per heavy atom. The van der Waals surface area contributed by atoms with E-state index in [0.29, 0.717) is 0 Å². The summed E-state index contributed by atoms with van der Waals surface area (Å²) in [6, 6.07) is 0. The molecule has 4 N–H and O–H groups in total. The predicted octanol–water partition coefficient (Wildman–Crippen LogP) is 2.15. The normalized spacial score (nSPS) is 19.5. The third-order valence-corrected chi connectivity index (χ3v) is 2.96. The molecule has 0 heterocycles. The number of amides is 1. The van der Waals surface area contributed by atoms with Crippen molar-refractivity contribution in [1.82, 2.24) is 5.32 Å². The highest BCUT2D eigenvalue weighted by molar-refractivity contribution is 5.90. The number of hydrogen-bond donors (Lipinski definition) is 3. The fourth-order valence-electron chi connectivity index (χ4n) is 2.12. The number of nitrogens with one attached hydrogen (secondary N) is 2. The molecular formula is C12H23N3O2. The molecule has 0 bridgehead atoms. The molecule has 0 radical (unpaired) electrons. The van der Waals surface area contributed by atoms with Crippen LogP contribution in [0.15, 0.2) is 0 Å². The number of carbonyl (C=O) groups is 1. The first kappa shape index (κ1) is 13.8. The molecule has 0 aromatic carbocycles. The minimum absolute atomic E-state index is 0.0306. The van der Waals surface area contributed by atoms with E-state index in [1.165, 1.54) is 0 Å². The third kappa shape index (κ3) is 3.91. The van der Waals surface area contributed by atoms with Gasteiger partial charge in [-0.05, 0) is 33.6 Å². The molecule has 1 fully saturated rings. The molecule has 1 aliphatic rings. The smallest absolute Gasteiger partial charge is 0.408 e. The second-order valence-corrected chi connectivity index (χ2v) is 5.68. The standard InChI is InChI=1S/C12H23N3O2/c1-11(2,3)17-10(16)15-12(9(13)14)7-5-4-6-8-12/h4-8H2,1-3H3,(H3,13,14)(H,15,16). The number of ether oxygens (including phenoxy) is 1. The number of carbonyl (C=O) groups excluding carboxylic acids is 1. The lowest BCUT2D eigenvalue weighted by molar-refractivity contribution is 0.0467. The Kier molecular flexibility index (Phi) is 4.01. The first-order chi connectivity index (χ1) is 7.75. The fourth-order valence-corrected chi connectivity index (χ4v) is 2.12. The van der Waals surface area contributed by atoms with Crippen LogP contribution in [0.2, 0.25) is 0 Å². The number of amidine groups is 1. The zero-order chi connectivity index (χ0) is 13.1. The lowest BCUT2D eigenvalue weighted by atomic mass is 9.81. The van der Waals surface area contributed by atoms with Crippen LogP contribution in [-0.4, -0.2) is 23.1 Å². The van der Waals surface area contributed by atoms with Gasteiger partial charge in [0.2, 0.25) is 0 Å². The van der Waals surface area contributed by atoms with Crippen LogP contribution >= 0.6 is 0 Å². The van der Waals surface area contributed by atoms with Gasteiger partial charge in [-0.15, -0.1) is 0 Å². The topological polar surface area (TPSA) is 88.2 Å². The molecule has 1 saturated carbocycles. The van der Waals surface area contributed by atoms with Crippen molar-refractivity contribution in [2.24, 2.45) is 5.73 Å². The van der Waals surface area contributed by atoms with Gasteiger partial charge in [0, 0.05) is 0 Å². The minimum Gasteiger partial charge on any atom is -0.444 e. The second kappa shape index (κ2) is 4.94. The van der Waals surface area contributed by atoms with Crippen molar-refractivity contribution in [2.75, 3.05) is 0 Å². The summed E-state index contributed by atoms with van der Waals surface area (Å²) in [6.45, 7) is 5.44. The average Bonchev–Trinajstić information content (AvgIpc) is 2.15. The summed E-state index contributed by atoms with van der Waals surface area (Å²) in [5, 5.41) is 10.4. The Hall–Kier alpha value is -1.26. The molecule has 1 aliphatic carbocycles. The van der Waals surface area contributed by atoms with E-state index in [1.54, 1.807) is 0 Å². The summed E-state index contributed by atoms with van der Waals surface area (Å²) in [5.41, 5.74) is 4.40. The monoisotopic (exact) mass is 241 g/mol. The van der Waals surface area contributed by atoms with E-state index in [-0.39, 0.29) is 5.84 Å². The van der Waals surface area contributed by atoms with Gasteiger partial charge < -0.3 is 15.8 Å². The number of hydrogen-bond acceptors (Lipinski definition) is 3. The Morgan fingerprint density at radius 2 is 1.82 bits per heavy atom. The first-order valence-electron chi connectivity index (χ1n) is 6.11. The van der Waals surface area contributed by atoms with Crippen LogP contribution in [0.3, 0.4) is 0 Å². The number of rotatable bonds is 2. The molecule has 1 rings (SSSR count). The Labute approximate surface area is 103 Å². The van der Waals surface area contributed by atoms with Crippen LogP contribution < -0.4 is 11.1 Å². The summed E-state index contributed by atoms with van der Waals surface area (Å²) in [6.07, 6.45) is 4.05. The van der Waals surface area contributed by atoms with Crippen molar-refractivity contribution < 1.29 is 9.53 Å². The van der Waals surface area contributed by atoms with Crippen molar-refractivity contribution in [3.05, 3.63) is 0 Å². The van der Waals surface area contributed by atoms with Gasteiger partial charge in [-0.25, -0.2) is 4.79 Å². The molecule has 5 heteroatoms. The van der Waals surface area contributed by atoms with Gasteiger partial charge in [0.15, 0.2) is 0 Å². The molecule has 0 aliphatic heterocycles. The molecule has 1 amide bonds. The highest BCUT2D eigenvalue weighted by atomic mass is 16.6. The third-order valence-electron chi connectivity index (χ3n) is 2.96. The van der Waals surface area contributed by atoms with E-state index in [4.69, 9.17) is 15.9 Å². The van der Waals surface area contributed by atoms with Crippen LogP contribution in [0.5, 0.6) is 0 Å². The largest absolute Gasteiger partial charge is 0.444 e. The maximum Gasteiger partial charge on any atom is 0.408 e. The van der Waals surface area contributed by atoms with Crippen molar-refractivity contribution in [3.63, 3.8) is 0 Å². The fraction of sp³-hybridized carbons (Fsp3) is 0.833. The Bertz CT molecular complexity index is 301. The zero-order valence-electron chi connectivity index (χ0n) is 10.9. The molecule has 5 nitrogen and oxygen atoms in total. The van der Waals surface area contributed by atoms with E-state index < -0.39 is 17.2 Å². The molecule has 0 unspecified atom stereocenters. The molecular weight excluding hydrogens is 218 g/mol. The van der Waals surface area contributed by atoms with Crippen LogP contribution in [-0.2, 0) is 4.74 Å². The molecule has 0 aromatic rings. The van der Waals surface area contributed by atoms with Gasteiger partial charge in [0.05, 0.1) is 5.54 Å². The maximum atomic E-state index is 11.8. The summed E-state index contributed by atoms with van der Waals surface area (Å²) in [5.74, 6) is 0.0306. The van der Waals surface area contributed by atoms with Gasteiger partial charge in [0.1, 0.15) is 11.4 Å². The zero-order valence-corrected chi connectivity index (χ0v) is 10.9. The van der Waals surface area contributed by atoms with Gasteiger partial charge in [0.25, 0.3) is 0 Å². The SMILES string of the molecule is CC(C)(C)OC(=O)NC1(C(=N)N)CCCCC1. The first-order valence-corrected chi connectivity index (χ1v) is 6.11. The van der Waals surface area contributed by atoms with Gasteiger partial charge in [-0.1, -0.05) is 19.3 Å². The quantitative estimate of drug-likeness (QED) is 0.511. The van der Waals surface area contributed by atoms with E-state index in [9.17, 15) is 4.79 Å². The Morgan fingerprint density at radius 1 is 1.29 bits per heavy atom. The molecule has 0 atom stereocenters. The second-order valence-electron chi connectivity index (χ2n) is 5.68. The van der Waals surface area contributed by atoms with E-state index in [2.05, 4.69) is 5.32 Å². The average molecular weight is 241 g/mol. The van der Waals surface area contributed by atoms with Crippen molar-refractivity contribution in [3.8, 4) is 0 Å². The van der Waals surface area contributed by atoms with Crippen LogP contribution in [0, 0.1) is 5.41 Å². The Balaban J connectivity index is 2.67. The highest BCUT2D eigenvalue weighted by Crippen LogP contribution is 2.28. The lowest BCUT2D eigenvalue weighted by Crippen LogP contribution is -2.58. The number of nitrogens with two attached hydrogens (primary N) is 1. The minimum atomic E-state index is -0.694. The van der Waals surface area contributed by atoms with E-state index >= 15 is 0 Å². The van der Waals surface area contributed by atoms with Crippen molar-refractivity contribution in [1.29, 1.82) is 5.41 Å². The van der Waals surface area contributed by atoms with Crippen LogP contribution in [0.1, 0.15) is 52.9 Å².